The Morgan fingerprint density at radius 3 is 2.48 bits per heavy atom. The predicted molar refractivity (Wildman–Crippen MR) is 79.5 cm³/mol. The number of nitrogens with zero attached hydrogens (tertiary/aromatic N) is 2. The van der Waals surface area contributed by atoms with E-state index in [1.165, 1.54) is 20.2 Å². The van der Waals surface area contributed by atoms with E-state index in [2.05, 4.69) is 9.71 Å². The first kappa shape index (κ1) is 15.0. The Morgan fingerprint density at radius 2 is 1.90 bits per heavy atom. The van der Waals surface area contributed by atoms with Gasteiger partial charge in [0.25, 0.3) is 5.91 Å². The Morgan fingerprint density at radius 1 is 1.29 bits per heavy atom. The molecule has 0 aliphatic carbocycles. The third kappa shape index (κ3) is 3.22. The zero-order chi connectivity index (χ0) is 15.6. The van der Waals surface area contributed by atoms with Gasteiger partial charge in [-0.3, -0.25) is 9.10 Å². The second kappa shape index (κ2) is 5.57. The molecule has 0 fully saturated rings. The molecule has 1 amide bonds. The van der Waals surface area contributed by atoms with Crippen LogP contribution in [0, 0.1) is 0 Å². The van der Waals surface area contributed by atoms with E-state index in [-0.39, 0.29) is 11.3 Å². The largest absolute Gasteiger partial charge is 0.497 e. The van der Waals surface area contributed by atoms with Crippen molar-refractivity contribution in [1.29, 1.82) is 0 Å². The van der Waals surface area contributed by atoms with Gasteiger partial charge in [-0.05, 0) is 31.2 Å². The fourth-order valence-corrected chi connectivity index (χ4v) is 2.54. The van der Waals surface area contributed by atoms with Crippen LogP contribution in [-0.2, 0) is 15.0 Å². The average Bonchev–Trinajstić information content (AvgIpc) is 2.43. The minimum absolute atomic E-state index is 0.152. The highest BCUT2D eigenvalue weighted by Crippen LogP contribution is 2.18. The number of carbonyl (C=O) groups is 1. The fourth-order valence-electron chi connectivity index (χ4n) is 1.72. The summed E-state index contributed by atoms with van der Waals surface area (Å²) in [6, 6.07) is 6.80. The van der Waals surface area contributed by atoms with Crippen molar-refractivity contribution >= 4 is 27.5 Å². The van der Waals surface area contributed by atoms with Crippen LogP contribution in [-0.4, -0.2) is 38.5 Å². The molecular formula is C13H15N3O4S. The Balaban J connectivity index is 2.19. The lowest BCUT2D eigenvalue weighted by Crippen LogP contribution is -2.30. The summed E-state index contributed by atoms with van der Waals surface area (Å²) in [7, 11) is -0.833. The molecule has 21 heavy (non-hydrogen) atoms. The molecule has 1 heterocycles. The molecular weight excluding hydrogens is 294 g/mol. The van der Waals surface area contributed by atoms with Crippen LogP contribution < -0.4 is 10.1 Å². The summed E-state index contributed by atoms with van der Waals surface area (Å²) in [5, 5.41) is 2.68. The van der Waals surface area contributed by atoms with E-state index in [0.717, 1.165) is 4.31 Å². The van der Waals surface area contributed by atoms with Crippen molar-refractivity contribution in [1.82, 2.24) is 4.31 Å². The fraction of sp³-hybridized carbons (Fsp3) is 0.231. The smallest absolute Gasteiger partial charge is 0.344 e. The van der Waals surface area contributed by atoms with Crippen molar-refractivity contribution in [2.75, 3.05) is 19.5 Å². The first-order chi connectivity index (χ1) is 9.83. The number of rotatable bonds is 3. The van der Waals surface area contributed by atoms with Crippen molar-refractivity contribution in [3.63, 3.8) is 0 Å². The van der Waals surface area contributed by atoms with Crippen LogP contribution in [0.2, 0.25) is 0 Å². The van der Waals surface area contributed by atoms with Crippen molar-refractivity contribution in [2.24, 2.45) is 4.40 Å². The van der Waals surface area contributed by atoms with E-state index in [1.54, 1.807) is 31.4 Å². The van der Waals surface area contributed by atoms with E-state index < -0.39 is 16.1 Å². The van der Waals surface area contributed by atoms with Crippen LogP contribution in [0.1, 0.15) is 6.92 Å². The van der Waals surface area contributed by atoms with Gasteiger partial charge in [0.2, 0.25) is 0 Å². The SMILES string of the molecule is COc1ccc(NC(=O)C2=CN(C)S(=O)(=O)N=C2C)cc1. The molecule has 0 radical (unpaired) electrons. The van der Waals surface area contributed by atoms with Gasteiger partial charge in [-0.2, -0.15) is 8.42 Å². The van der Waals surface area contributed by atoms with E-state index in [1.807, 2.05) is 0 Å². The molecule has 0 saturated carbocycles. The van der Waals surface area contributed by atoms with Crippen LogP contribution in [0.25, 0.3) is 0 Å². The van der Waals surface area contributed by atoms with Gasteiger partial charge in [0.1, 0.15) is 5.75 Å². The summed E-state index contributed by atoms with van der Waals surface area (Å²) >= 11 is 0. The van der Waals surface area contributed by atoms with Gasteiger partial charge in [0.05, 0.1) is 18.4 Å². The zero-order valence-electron chi connectivity index (χ0n) is 11.8. The van der Waals surface area contributed by atoms with Gasteiger partial charge in [0.15, 0.2) is 0 Å². The predicted octanol–water partition coefficient (Wildman–Crippen LogP) is 1.17. The summed E-state index contributed by atoms with van der Waals surface area (Å²) in [4.78, 5) is 12.2. The van der Waals surface area contributed by atoms with Gasteiger partial charge < -0.3 is 10.1 Å². The highest BCUT2D eigenvalue weighted by Gasteiger charge is 2.25. The minimum atomic E-state index is -3.71. The van der Waals surface area contributed by atoms with Crippen LogP contribution in [0.5, 0.6) is 5.75 Å². The normalized spacial score (nSPS) is 16.8. The Kier molecular flexibility index (Phi) is 3.99. The van der Waals surface area contributed by atoms with Crippen molar-refractivity contribution < 1.29 is 17.9 Å². The van der Waals surface area contributed by atoms with Crippen LogP contribution in [0.15, 0.2) is 40.4 Å². The molecule has 1 aromatic rings. The molecule has 0 unspecified atom stereocenters. The monoisotopic (exact) mass is 309 g/mol. The summed E-state index contributed by atoms with van der Waals surface area (Å²) in [6.07, 6.45) is 1.25. The molecule has 1 aliphatic heterocycles. The molecule has 2 rings (SSSR count). The second-order valence-electron chi connectivity index (χ2n) is 4.40. The van der Waals surface area contributed by atoms with Gasteiger partial charge in [0, 0.05) is 18.9 Å². The van der Waals surface area contributed by atoms with Gasteiger partial charge >= 0.3 is 10.2 Å². The topological polar surface area (TPSA) is 88.1 Å². The minimum Gasteiger partial charge on any atom is -0.497 e. The lowest BCUT2D eigenvalue weighted by Gasteiger charge is -2.19. The van der Waals surface area contributed by atoms with Crippen LogP contribution in [0.3, 0.4) is 0 Å². The van der Waals surface area contributed by atoms with Crippen molar-refractivity contribution in [2.45, 2.75) is 6.92 Å². The maximum atomic E-state index is 12.2. The molecule has 1 N–H and O–H groups in total. The Labute approximate surface area is 123 Å². The summed E-state index contributed by atoms with van der Waals surface area (Å²) < 4.78 is 32.5. The number of nitrogens with one attached hydrogen (secondary N) is 1. The molecule has 0 aromatic heterocycles. The second-order valence-corrected chi connectivity index (χ2v) is 6.05. The number of hydrogen-bond acceptors (Lipinski definition) is 4. The lowest BCUT2D eigenvalue weighted by atomic mass is 10.1. The van der Waals surface area contributed by atoms with Crippen molar-refractivity contribution in [3.8, 4) is 5.75 Å². The molecule has 0 saturated heterocycles. The molecule has 8 heteroatoms. The highest BCUT2D eigenvalue weighted by molar-refractivity contribution is 7.88. The van der Waals surface area contributed by atoms with E-state index in [4.69, 9.17) is 4.74 Å². The third-order valence-corrected chi connectivity index (χ3v) is 4.25. The maximum Gasteiger partial charge on any atom is 0.344 e. The summed E-state index contributed by atoms with van der Waals surface area (Å²) in [5.41, 5.74) is 0.924. The van der Waals surface area contributed by atoms with Gasteiger partial charge in [-0.15, -0.1) is 4.40 Å². The third-order valence-electron chi connectivity index (χ3n) is 2.91. The average molecular weight is 309 g/mol. The van der Waals surface area contributed by atoms with E-state index >= 15 is 0 Å². The van der Waals surface area contributed by atoms with Crippen LogP contribution in [0.4, 0.5) is 5.69 Å². The number of methoxy groups -OCH3 is 1. The highest BCUT2D eigenvalue weighted by atomic mass is 32.2. The summed E-state index contributed by atoms with van der Waals surface area (Å²) in [5.74, 6) is 0.247. The quantitative estimate of drug-likeness (QED) is 0.907. The van der Waals surface area contributed by atoms with Crippen LogP contribution >= 0.6 is 0 Å². The first-order valence-electron chi connectivity index (χ1n) is 6.05. The molecule has 1 aliphatic rings. The molecule has 1 aromatic carbocycles. The lowest BCUT2D eigenvalue weighted by molar-refractivity contribution is -0.112. The Bertz CT molecular complexity index is 720. The number of hydrogen-bond donors (Lipinski definition) is 1. The molecule has 7 nitrogen and oxygen atoms in total. The number of benzene rings is 1. The number of carbonyl (C=O) groups excluding carboxylic acids is 1. The molecule has 112 valence electrons. The number of anilines is 1. The Hall–Kier alpha value is -2.35. The molecule has 0 atom stereocenters. The van der Waals surface area contributed by atoms with Gasteiger partial charge in [-0.25, -0.2) is 0 Å². The zero-order valence-corrected chi connectivity index (χ0v) is 12.6. The maximum absolute atomic E-state index is 12.2. The standard InChI is InChI=1S/C13H15N3O4S/c1-9-12(8-16(2)21(18,19)15-9)13(17)14-10-4-6-11(20-3)7-5-10/h4-8H,1-3H3,(H,14,17). The molecule has 0 bridgehead atoms. The van der Waals surface area contributed by atoms with E-state index in [0.29, 0.717) is 11.4 Å². The van der Waals surface area contributed by atoms with Gasteiger partial charge in [-0.1, -0.05) is 0 Å². The number of ether oxygens (including phenoxy) is 1. The molecule has 0 spiro atoms. The summed E-state index contributed by atoms with van der Waals surface area (Å²) in [6.45, 7) is 1.48. The number of amides is 1. The van der Waals surface area contributed by atoms with E-state index in [9.17, 15) is 13.2 Å². The first-order valence-corrected chi connectivity index (χ1v) is 7.45. The van der Waals surface area contributed by atoms with Crippen molar-refractivity contribution in [3.05, 3.63) is 36.0 Å².